The van der Waals surface area contributed by atoms with Crippen molar-refractivity contribution in [1.29, 1.82) is 0 Å². The second-order valence-corrected chi connectivity index (χ2v) is 8.13. The summed E-state index contributed by atoms with van der Waals surface area (Å²) in [6, 6.07) is 14.2. The van der Waals surface area contributed by atoms with Gasteiger partial charge in [-0.1, -0.05) is 37.3 Å². The van der Waals surface area contributed by atoms with Crippen molar-refractivity contribution in [2.45, 2.75) is 38.6 Å². The van der Waals surface area contributed by atoms with Gasteiger partial charge in [0, 0.05) is 25.2 Å². The highest BCUT2D eigenvalue weighted by Crippen LogP contribution is 2.22. The quantitative estimate of drug-likeness (QED) is 0.664. The molecule has 2 aromatic rings. The minimum absolute atomic E-state index is 0.0667. The van der Waals surface area contributed by atoms with E-state index < -0.39 is 17.8 Å². The fourth-order valence-electron chi connectivity index (χ4n) is 3.95. The smallest absolute Gasteiger partial charge is 0.251 e. The van der Waals surface area contributed by atoms with Crippen molar-refractivity contribution in [3.8, 4) is 0 Å². The molecule has 0 aliphatic carbocycles. The van der Waals surface area contributed by atoms with E-state index in [2.05, 4.69) is 10.6 Å². The first kappa shape index (κ1) is 23.4. The van der Waals surface area contributed by atoms with Crippen molar-refractivity contribution in [2.75, 3.05) is 19.6 Å². The molecule has 1 atom stereocenters. The molecule has 2 aromatic carbocycles. The predicted molar refractivity (Wildman–Crippen MR) is 120 cm³/mol. The van der Waals surface area contributed by atoms with Gasteiger partial charge in [0.05, 0.1) is 6.42 Å². The molecule has 170 valence electrons. The zero-order valence-electron chi connectivity index (χ0n) is 18.4. The Morgan fingerprint density at radius 2 is 1.69 bits per heavy atom. The third kappa shape index (κ3) is 6.39. The highest BCUT2D eigenvalue weighted by atomic mass is 19.1. The maximum atomic E-state index is 13.2. The van der Waals surface area contributed by atoms with Gasteiger partial charge in [-0.3, -0.25) is 14.4 Å². The zero-order valence-corrected chi connectivity index (χ0v) is 18.4. The number of hydrogen-bond acceptors (Lipinski definition) is 3. The van der Waals surface area contributed by atoms with E-state index >= 15 is 0 Å². The van der Waals surface area contributed by atoms with Gasteiger partial charge in [0.1, 0.15) is 11.9 Å². The Labute approximate surface area is 188 Å². The molecular formula is C25H30FN3O3. The number of nitrogens with one attached hydrogen (secondary N) is 2. The van der Waals surface area contributed by atoms with Gasteiger partial charge in [0.2, 0.25) is 11.8 Å². The van der Waals surface area contributed by atoms with Crippen LogP contribution in [0.3, 0.4) is 0 Å². The van der Waals surface area contributed by atoms with Crippen LogP contribution in [0.25, 0.3) is 0 Å². The Morgan fingerprint density at radius 1 is 1.03 bits per heavy atom. The molecule has 3 amide bonds. The molecule has 1 aliphatic rings. The Kier molecular flexibility index (Phi) is 8.36. The van der Waals surface area contributed by atoms with E-state index in [1.807, 2.05) is 42.2 Å². The summed E-state index contributed by atoms with van der Waals surface area (Å²) >= 11 is 0. The van der Waals surface area contributed by atoms with Crippen LogP contribution in [0.2, 0.25) is 0 Å². The van der Waals surface area contributed by atoms with Crippen LogP contribution in [0.15, 0.2) is 54.6 Å². The van der Waals surface area contributed by atoms with Crippen LogP contribution in [0.4, 0.5) is 4.39 Å². The molecule has 0 radical (unpaired) electrons. The Hall–Kier alpha value is -3.22. The van der Waals surface area contributed by atoms with E-state index in [1.54, 1.807) is 0 Å². The molecule has 1 saturated heterocycles. The van der Waals surface area contributed by atoms with Gasteiger partial charge in [0.25, 0.3) is 5.91 Å². The number of halogens is 1. The first-order valence-electron chi connectivity index (χ1n) is 11.1. The lowest BCUT2D eigenvalue weighted by atomic mass is 9.88. The maximum Gasteiger partial charge on any atom is 0.251 e. The highest BCUT2D eigenvalue weighted by molar-refractivity contribution is 5.97. The van der Waals surface area contributed by atoms with E-state index in [0.29, 0.717) is 44.5 Å². The van der Waals surface area contributed by atoms with Crippen LogP contribution in [0, 0.1) is 11.7 Å². The lowest BCUT2D eigenvalue weighted by Gasteiger charge is -2.36. The Bertz CT molecular complexity index is 910. The molecule has 0 spiro atoms. The number of benzene rings is 2. The molecule has 1 unspecified atom stereocenters. The van der Waals surface area contributed by atoms with Crippen LogP contribution in [-0.2, 0) is 16.0 Å². The Morgan fingerprint density at radius 3 is 2.31 bits per heavy atom. The van der Waals surface area contributed by atoms with Crippen molar-refractivity contribution in [3.05, 3.63) is 71.5 Å². The molecule has 0 bridgehead atoms. The van der Waals surface area contributed by atoms with Crippen LogP contribution >= 0.6 is 0 Å². The minimum Gasteiger partial charge on any atom is -0.354 e. The fraction of sp³-hybridized carbons (Fsp3) is 0.400. The molecule has 3 rings (SSSR count). The lowest BCUT2D eigenvalue weighted by Crippen LogP contribution is -2.54. The average molecular weight is 440 g/mol. The van der Waals surface area contributed by atoms with E-state index in [1.165, 1.54) is 24.3 Å². The number of rotatable bonds is 8. The second kappa shape index (κ2) is 11.4. The zero-order chi connectivity index (χ0) is 22.9. The molecule has 0 aromatic heterocycles. The van der Waals surface area contributed by atoms with Gasteiger partial charge >= 0.3 is 0 Å². The van der Waals surface area contributed by atoms with E-state index in [9.17, 15) is 18.8 Å². The summed E-state index contributed by atoms with van der Waals surface area (Å²) in [5.74, 6) is -1.08. The van der Waals surface area contributed by atoms with Gasteiger partial charge in [-0.25, -0.2) is 4.39 Å². The molecule has 32 heavy (non-hydrogen) atoms. The topological polar surface area (TPSA) is 78.5 Å². The number of likely N-dealkylation sites (tertiary alicyclic amines) is 1. The van der Waals surface area contributed by atoms with Gasteiger partial charge in [-0.15, -0.1) is 0 Å². The maximum absolute atomic E-state index is 13.2. The number of amides is 3. The summed E-state index contributed by atoms with van der Waals surface area (Å²) in [5, 5.41) is 5.71. The molecule has 6 nitrogen and oxygen atoms in total. The van der Waals surface area contributed by atoms with Crippen molar-refractivity contribution >= 4 is 17.7 Å². The van der Waals surface area contributed by atoms with Crippen molar-refractivity contribution in [3.63, 3.8) is 0 Å². The third-order valence-corrected chi connectivity index (χ3v) is 5.79. The summed E-state index contributed by atoms with van der Waals surface area (Å²) in [6.45, 7) is 3.57. The number of piperidine rings is 1. The first-order chi connectivity index (χ1) is 15.5. The summed E-state index contributed by atoms with van der Waals surface area (Å²) in [4.78, 5) is 40.0. The molecule has 2 N–H and O–H groups in total. The second-order valence-electron chi connectivity index (χ2n) is 8.13. The average Bonchev–Trinajstić information content (AvgIpc) is 2.82. The Balaban J connectivity index is 1.62. The standard InChI is InChI=1S/C25H30FN3O3/c1-2-14-27-25(32)23(28-24(31)20-8-10-21(26)11-9-20)19-12-15-29(16-13-19)22(30)17-18-6-4-3-5-7-18/h3-11,19,23H,2,12-17H2,1H3,(H,27,32)(H,28,31). The summed E-state index contributed by atoms with van der Waals surface area (Å²) in [7, 11) is 0. The van der Waals surface area contributed by atoms with E-state index in [0.717, 1.165) is 12.0 Å². The monoisotopic (exact) mass is 439 g/mol. The van der Waals surface area contributed by atoms with Crippen molar-refractivity contribution in [2.24, 2.45) is 5.92 Å². The van der Waals surface area contributed by atoms with Gasteiger partial charge in [-0.2, -0.15) is 0 Å². The van der Waals surface area contributed by atoms with Crippen LogP contribution in [-0.4, -0.2) is 48.3 Å². The number of carbonyl (C=O) groups is 3. The van der Waals surface area contributed by atoms with Crippen LogP contribution in [0.5, 0.6) is 0 Å². The van der Waals surface area contributed by atoms with Crippen molar-refractivity contribution in [1.82, 2.24) is 15.5 Å². The van der Waals surface area contributed by atoms with Crippen LogP contribution < -0.4 is 10.6 Å². The molecule has 1 aliphatic heterocycles. The summed E-state index contributed by atoms with van der Waals surface area (Å²) in [6.07, 6.45) is 2.38. The van der Waals surface area contributed by atoms with E-state index in [4.69, 9.17) is 0 Å². The highest BCUT2D eigenvalue weighted by Gasteiger charge is 2.33. The molecule has 1 fully saturated rings. The first-order valence-corrected chi connectivity index (χ1v) is 11.1. The number of hydrogen-bond donors (Lipinski definition) is 2. The molecule has 1 heterocycles. The molecule has 7 heteroatoms. The SMILES string of the molecule is CCCNC(=O)C(NC(=O)c1ccc(F)cc1)C1CCN(C(=O)Cc2ccccc2)CC1. The molecule has 0 saturated carbocycles. The van der Waals surface area contributed by atoms with Gasteiger partial charge < -0.3 is 15.5 Å². The minimum atomic E-state index is -0.703. The number of carbonyl (C=O) groups excluding carboxylic acids is 3. The summed E-state index contributed by atoms with van der Waals surface area (Å²) in [5.41, 5.74) is 1.28. The molecular weight excluding hydrogens is 409 g/mol. The van der Waals surface area contributed by atoms with Crippen molar-refractivity contribution < 1.29 is 18.8 Å². The largest absolute Gasteiger partial charge is 0.354 e. The predicted octanol–water partition coefficient (Wildman–Crippen LogP) is 2.93. The lowest BCUT2D eigenvalue weighted by molar-refractivity contribution is -0.132. The third-order valence-electron chi connectivity index (χ3n) is 5.79. The fourth-order valence-corrected chi connectivity index (χ4v) is 3.95. The van der Waals surface area contributed by atoms with Gasteiger partial charge in [0.15, 0.2) is 0 Å². The normalized spacial score (nSPS) is 15.1. The van der Waals surface area contributed by atoms with Crippen LogP contribution in [0.1, 0.15) is 42.1 Å². The summed E-state index contributed by atoms with van der Waals surface area (Å²) < 4.78 is 13.2. The van der Waals surface area contributed by atoms with Gasteiger partial charge in [-0.05, 0) is 55.0 Å². The van der Waals surface area contributed by atoms with E-state index in [-0.39, 0.29) is 17.7 Å². The number of nitrogens with zero attached hydrogens (tertiary/aromatic N) is 1.